The zero-order chi connectivity index (χ0) is 34.0. The van der Waals surface area contributed by atoms with Gasteiger partial charge in [-0.3, -0.25) is 4.98 Å². The van der Waals surface area contributed by atoms with Gasteiger partial charge in [-0.15, -0.1) is 0 Å². The number of benzene rings is 3. The monoisotopic (exact) mass is 640 g/mol. The molecule has 2 aliphatic rings. The van der Waals surface area contributed by atoms with Gasteiger partial charge in [-0.2, -0.15) is 0 Å². The van der Waals surface area contributed by atoms with Crippen molar-refractivity contribution >= 4 is 33.9 Å². The Morgan fingerprint density at radius 1 is 0.612 bits per heavy atom. The molecule has 0 fully saturated rings. The molecule has 6 aromatic rings. The molecule has 8 rings (SSSR count). The molecule has 0 atom stereocenters. The van der Waals surface area contributed by atoms with Gasteiger partial charge < -0.3 is 15.1 Å². The topological polar surface area (TPSA) is 77.6 Å². The lowest BCUT2D eigenvalue weighted by Gasteiger charge is -2.16. The first-order valence-electron chi connectivity index (χ1n) is 16.9. The van der Waals surface area contributed by atoms with E-state index >= 15 is 0 Å². The molecule has 0 unspecified atom stereocenters. The van der Waals surface area contributed by atoms with Crippen molar-refractivity contribution in [2.45, 2.75) is 53.4 Å². The lowest BCUT2D eigenvalue weighted by molar-refractivity contribution is 0.515. The van der Waals surface area contributed by atoms with E-state index in [0.29, 0.717) is 11.4 Å². The molecule has 5 nitrogen and oxygen atoms in total. The van der Waals surface area contributed by atoms with Crippen LogP contribution in [-0.4, -0.2) is 25.0 Å². The van der Waals surface area contributed by atoms with E-state index in [1.807, 2.05) is 6.08 Å². The van der Waals surface area contributed by atoms with Crippen LogP contribution in [0.15, 0.2) is 97.1 Å². The summed E-state index contributed by atoms with van der Waals surface area (Å²) in [6.07, 6.45) is 2.62. The molecule has 3 N–H and O–H groups in total. The number of aromatic nitrogens is 4. The highest BCUT2D eigenvalue weighted by atomic mass is 16.3. The number of hydrogen-bond donors (Lipinski definition) is 3. The van der Waals surface area contributed by atoms with Gasteiger partial charge in [0.2, 0.25) is 0 Å². The number of aliphatic hydroxyl groups excluding tert-OH is 1. The van der Waals surface area contributed by atoms with Gasteiger partial charge in [0.1, 0.15) is 11.5 Å². The quantitative estimate of drug-likeness (QED) is 0.180. The van der Waals surface area contributed by atoms with Gasteiger partial charge in [0, 0.05) is 62.4 Å². The Morgan fingerprint density at radius 3 is 1.96 bits per heavy atom. The third kappa shape index (κ3) is 5.36. The minimum absolute atomic E-state index is 0.137. The Kier molecular flexibility index (Phi) is 7.18. The maximum Gasteiger partial charge on any atom is 0.144 e. The molecule has 3 aromatic carbocycles. The van der Waals surface area contributed by atoms with Crippen molar-refractivity contribution in [3.8, 4) is 33.4 Å². The van der Waals surface area contributed by atoms with Crippen LogP contribution in [0.1, 0.15) is 58.9 Å². The molecular weight excluding hydrogens is 601 g/mol. The predicted molar refractivity (Wildman–Crippen MR) is 203 cm³/mol. The first kappa shape index (κ1) is 30.6. The van der Waals surface area contributed by atoms with Crippen LogP contribution in [0.2, 0.25) is 0 Å². The van der Waals surface area contributed by atoms with Gasteiger partial charge in [0.25, 0.3) is 0 Å². The summed E-state index contributed by atoms with van der Waals surface area (Å²) < 4.78 is 0. The summed E-state index contributed by atoms with van der Waals surface area (Å²) in [5, 5.41) is 11.8. The molecular formula is C44H40N4O. The number of H-pyrrole nitrogens is 2. The number of nitrogens with zero attached hydrogens (tertiary/aromatic N) is 2. The van der Waals surface area contributed by atoms with Gasteiger partial charge in [-0.1, -0.05) is 91.7 Å². The van der Waals surface area contributed by atoms with Crippen molar-refractivity contribution in [1.82, 2.24) is 19.9 Å². The number of rotatable bonds is 3. The van der Waals surface area contributed by atoms with Crippen molar-refractivity contribution in [3.63, 3.8) is 0 Å². The highest BCUT2D eigenvalue weighted by Gasteiger charge is 2.31. The van der Waals surface area contributed by atoms with Gasteiger partial charge in [0.15, 0.2) is 0 Å². The molecule has 49 heavy (non-hydrogen) atoms. The van der Waals surface area contributed by atoms with Crippen LogP contribution in [-0.2, 0) is 11.8 Å². The van der Waals surface area contributed by atoms with Crippen molar-refractivity contribution < 1.29 is 5.11 Å². The summed E-state index contributed by atoms with van der Waals surface area (Å²) in [7, 11) is 0. The number of aliphatic hydroxyl groups is 1. The van der Waals surface area contributed by atoms with Crippen LogP contribution in [0.3, 0.4) is 0 Å². The van der Waals surface area contributed by atoms with Gasteiger partial charge in [0.05, 0.1) is 11.4 Å². The fourth-order valence-corrected chi connectivity index (χ4v) is 7.61. The standard InChI is InChI=1S/C44H40N4O/c1-25-12-14-30(15-13-25)41-33-17-16-31(45-33)22-38-44(5,6)24-36(47-38)40(29-10-8-7-9-11-29)32-18-19-34(46-32)42(35-23-37(49)43(41)48-35)39-27(3)20-26(2)21-28(39)4/h7-23,45-46,49H,24H2,1-6H3. The number of hydrogen-bond acceptors (Lipinski definition) is 3. The molecule has 242 valence electrons. The van der Waals surface area contributed by atoms with E-state index < -0.39 is 0 Å². The second-order valence-corrected chi connectivity index (χ2v) is 14.3. The SMILES string of the molecule is Cc1ccc(-c2c3nc(c(-c4c(C)cc(C)cc4C)c4ccc([nH]4)c(-c4ccccc4)c4nc(cc5ccc2[nH]5)C(C)(C)C4)C=C3O)cc1. The summed E-state index contributed by atoms with van der Waals surface area (Å²) in [6.45, 7) is 13.1. The van der Waals surface area contributed by atoms with Gasteiger partial charge >= 0.3 is 0 Å². The zero-order valence-electron chi connectivity index (χ0n) is 28.9. The molecule has 5 heterocycles. The van der Waals surface area contributed by atoms with E-state index in [1.165, 1.54) is 11.1 Å². The zero-order valence-corrected chi connectivity index (χ0v) is 28.9. The van der Waals surface area contributed by atoms with E-state index in [0.717, 1.165) is 84.4 Å². The summed E-state index contributed by atoms with van der Waals surface area (Å²) in [4.78, 5) is 18.1. The van der Waals surface area contributed by atoms with Crippen molar-refractivity contribution in [2.24, 2.45) is 0 Å². The Balaban J connectivity index is 1.59. The highest BCUT2D eigenvalue weighted by Crippen LogP contribution is 2.41. The van der Waals surface area contributed by atoms with E-state index in [9.17, 15) is 5.11 Å². The van der Waals surface area contributed by atoms with Gasteiger partial charge in [-0.25, -0.2) is 4.98 Å². The first-order valence-corrected chi connectivity index (χ1v) is 16.9. The molecule has 0 spiro atoms. The van der Waals surface area contributed by atoms with Crippen LogP contribution in [0.25, 0.3) is 67.3 Å². The van der Waals surface area contributed by atoms with Crippen LogP contribution in [0, 0.1) is 27.7 Å². The second-order valence-electron chi connectivity index (χ2n) is 14.3. The molecule has 8 bridgehead atoms. The van der Waals surface area contributed by atoms with E-state index in [4.69, 9.17) is 9.97 Å². The third-order valence-corrected chi connectivity index (χ3v) is 9.91. The average Bonchev–Trinajstić information content (AvgIpc) is 3.85. The minimum atomic E-state index is -0.180. The third-order valence-electron chi connectivity index (χ3n) is 9.91. The lowest BCUT2D eigenvalue weighted by atomic mass is 9.85. The number of nitrogens with one attached hydrogen (secondary N) is 2. The molecule has 2 aliphatic heterocycles. The fourth-order valence-electron chi connectivity index (χ4n) is 7.61. The largest absolute Gasteiger partial charge is 0.506 e. The summed E-state index contributed by atoms with van der Waals surface area (Å²) >= 11 is 0. The molecule has 0 aliphatic carbocycles. The predicted octanol–water partition coefficient (Wildman–Crippen LogP) is 11.1. The van der Waals surface area contributed by atoms with Gasteiger partial charge in [-0.05, 0) is 85.8 Å². The van der Waals surface area contributed by atoms with Crippen molar-refractivity contribution in [3.05, 3.63) is 142 Å². The summed E-state index contributed by atoms with van der Waals surface area (Å²) in [6, 6.07) is 34.0. The first-order chi connectivity index (χ1) is 23.6. The maximum atomic E-state index is 11.8. The van der Waals surface area contributed by atoms with Crippen molar-refractivity contribution in [1.29, 1.82) is 0 Å². The molecule has 0 saturated heterocycles. The number of aryl methyl sites for hydroxylation is 4. The molecule has 0 radical (unpaired) electrons. The van der Waals surface area contributed by atoms with Crippen LogP contribution in [0.5, 0.6) is 0 Å². The van der Waals surface area contributed by atoms with E-state index in [2.05, 4.69) is 149 Å². The summed E-state index contributed by atoms with van der Waals surface area (Å²) in [5.41, 5.74) is 17.7. The Bertz CT molecular complexity index is 2450. The number of fused-ring (bicyclic) bond motifs is 8. The molecule has 5 heteroatoms. The smallest absolute Gasteiger partial charge is 0.144 e. The van der Waals surface area contributed by atoms with Crippen LogP contribution >= 0.6 is 0 Å². The molecule has 0 saturated carbocycles. The Hall–Kier alpha value is -5.68. The highest BCUT2D eigenvalue weighted by molar-refractivity contribution is 5.99. The molecule has 0 amide bonds. The maximum absolute atomic E-state index is 11.8. The number of aromatic amines is 2. The van der Waals surface area contributed by atoms with Crippen LogP contribution < -0.4 is 0 Å². The van der Waals surface area contributed by atoms with Crippen molar-refractivity contribution in [2.75, 3.05) is 0 Å². The van der Waals surface area contributed by atoms with E-state index in [-0.39, 0.29) is 11.2 Å². The normalized spacial score (nSPS) is 13.8. The second kappa shape index (κ2) is 11.5. The fraction of sp³-hybridized carbons (Fsp3) is 0.182. The Morgan fingerprint density at radius 2 is 1.24 bits per heavy atom. The molecule has 3 aromatic heterocycles. The van der Waals surface area contributed by atoms with E-state index in [1.54, 1.807) is 0 Å². The summed E-state index contributed by atoms with van der Waals surface area (Å²) in [5.74, 6) is 0.137. The lowest BCUT2D eigenvalue weighted by Crippen LogP contribution is -2.15. The minimum Gasteiger partial charge on any atom is -0.506 e. The Labute approximate surface area is 287 Å². The van der Waals surface area contributed by atoms with Crippen LogP contribution in [0.4, 0.5) is 0 Å². The average molecular weight is 641 g/mol.